The summed E-state index contributed by atoms with van der Waals surface area (Å²) in [6.45, 7) is 2.03. The first-order chi connectivity index (χ1) is 11.8. The number of rotatable bonds is 11. The van der Waals surface area contributed by atoms with E-state index in [4.69, 9.17) is 5.11 Å². The van der Waals surface area contributed by atoms with Gasteiger partial charge in [0.1, 0.15) is 11.5 Å². The molecule has 0 heterocycles. The monoisotopic (exact) mass is 375 g/mol. The van der Waals surface area contributed by atoms with Crippen LogP contribution < -0.4 is 0 Å². The molecular formula is C18H32O6P+. The molecule has 2 unspecified atom stereocenters. The van der Waals surface area contributed by atoms with Crippen molar-refractivity contribution in [2.75, 3.05) is 0 Å². The van der Waals surface area contributed by atoms with E-state index in [-0.39, 0.29) is 12.8 Å². The molecule has 6 nitrogen and oxygen atoms in total. The summed E-state index contributed by atoms with van der Waals surface area (Å²) in [4.78, 5) is 44.1. The van der Waals surface area contributed by atoms with Crippen molar-refractivity contribution in [2.24, 2.45) is 5.92 Å². The summed E-state index contributed by atoms with van der Waals surface area (Å²) < 4.78 is 0. The molecule has 0 saturated heterocycles. The van der Waals surface area contributed by atoms with Gasteiger partial charge in [0.25, 0.3) is 7.72 Å². The third-order valence-corrected chi connectivity index (χ3v) is 7.25. The molecule has 1 fully saturated rings. The van der Waals surface area contributed by atoms with Gasteiger partial charge in [-0.25, -0.2) is 9.79 Å². The first-order valence-corrected chi connectivity index (χ1v) is 11.1. The van der Waals surface area contributed by atoms with Crippen molar-refractivity contribution in [3.63, 3.8) is 0 Å². The lowest BCUT2D eigenvalue weighted by Gasteiger charge is -2.27. The molecule has 144 valence electrons. The highest BCUT2D eigenvalue weighted by molar-refractivity contribution is 7.68. The molecule has 0 aromatic heterocycles. The Morgan fingerprint density at radius 2 is 1.72 bits per heavy atom. The fourth-order valence-corrected chi connectivity index (χ4v) is 5.87. The van der Waals surface area contributed by atoms with Gasteiger partial charge in [0, 0.05) is 6.42 Å². The second-order valence-electron chi connectivity index (χ2n) is 6.99. The van der Waals surface area contributed by atoms with Crippen LogP contribution in [-0.4, -0.2) is 37.6 Å². The van der Waals surface area contributed by atoms with E-state index < -0.39 is 31.2 Å². The van der Waals surface area contributed by atoms with Gasteiger partial charge in [0.15, 0.2) is 0 Å². The standard InChI is InChI=1S/C18H31O6P/c1-2-3-5-10-16(15(18(21)22)11-12-17(19)20)25(23,24)13-14-8-6-4-7-9-14/h13,15-16,23-24H,2-12H2,1H3,(H-,19,20,21,22)/p+1. The van der Waals surface area contributed by atoms with E-state index in [2.05, 4.69) is 0 Å². The molecule has 4 N–H and O–H groups in total. The van der Waals surface area contributed by atoms with Gasteiger partial charge in [-0.05, 0) is 50.5 Å². The maximum absolute atomic E-state index is 11.7. The molecule has 0 aromatic rings. The fraction of sp³-hybridized carbons (Fsp3) is 0.778. The Hall–Kier alpha value is -0.970. The lowest BCUT2D eigenvalue weighted by Crippen LogP contribution is -2.31. The van der Waals surface area contributed by atoms with Crippen LogP contribution in [-0.2, 0) is 9.59 Å². The second-order valence-corrected chi connectivity index (χ2v) is 9.31. The highest BCUT2D eigenvalue weighted by Gasteiger charge is 2.49. The third kappa shape index (κ3) is 7.85. The predicted molar refractivity (Wildman–Crippen MR) is 98.5 cm³/mol. The van der Waals surface area contributed by atoms with E-state index in [1.54, 1.807) is 5.82 Å². The van der Waals surface area contributed by atoms with Crippen LogP contribution >= 0.6 is 7.72 Å². The van der Waals surface area contributed by atoms with Crippen molar-refractivity contribution < 1.29 is 29.6 Å². The number of carboxylic acids is 2. The van der Waals surface area contributed by atoms with E-state index >= 15 is 0 Å². The smallest absolute Gasteiger partial charge is 0.310 e. The molecule has 0 radical (unpaired) electrons. The van der Waals surface area contributed by atoms with Gasteiger partial charge in [0.05, 0.1) is 5.92 Å². The fourth-order valence-electron chi connectivity index (χ4n) is 3.52. The van der Waals surface area contributed by atoms with Crippen LogP contribution in [0.2, 0.25) is 0 Å². The van der Waals surface area contributed by atoms with Crippen molar-refractivity contribution in [1.29, 1.82) is 0 Å². The summed E-state index contributed by atoms with van der Waals surface area (Å²) >= 11 is 0. The molecule has 1 saturated carbocycles. The third-order valence-electron chi connectivity index (χ3n) is 4.91. The van der Waals surface area contributed by atoms with Crippen molar-refractivity contribution >= 4 is 19.7 Å². The molecule has 7 heteroatoms. The molecule has 0 aromatic carbocycles. The van der Waals surface area contributed by atoms with E-state index in [1.807, 2.05) is 6.92 Å². The van der Waals surface area contributed by atoms with E-state index in [0.29, 0.717) is 12.8 Å². The van der Waals surface area contributed by atoms with Gasteiger partial charge in [-0.3, -0.25) is 9.59 Å². The molecule has 1 rings (SSSR count). The maximum atomic E-state index is 11.7. The van der Waals surface area contributed by atoms with E-state index in [1.165, 1.54) is 0 Å². The average molecular weight is 375 g/mol. The van der Waals surface area contributed by atoms with Crippen molar-refractivity contribution in [3.05, 3.63) is 11.4 Å². The number of unbranched alkanes of at least 4 members (excludes halogenated alkanes) is 2. The highest BCUT2D eigenvalue weighted by Crippen LogP contribution is 2.62. The Morgan fingerprint density at radius 3 is 2.24 bits per heavy atom. The van der Waals surface area contributed by atoms with Crippen molar-refractivity contribution in [2.45, 2.75) is 83.2 Å². The van der Waals surface area contributed by atoms with Gasteiger partial charge in [-0.1, -0.05) is 26.2 Å². The lowest BCUT2D eigenvalue weighted by atomic mass is 9.95. The summed E-state index contributed by atoms with van der Waals surface area (Å²) in [6, 6.07) is 0. The van der Waals surface area contributed by atoms with Crippen molar-refractivity contribution in [1.82, 2.24) is 0 Å². The summed E-state index contributed by atoms with van der Waals surface area (Å²) in [7, 11) is -3.57. The lowest BCUT2D eigenvalue weighted by molar-refractivity contribution is -0.143. The molecular weight excluding hydrogens is 343 g/mol. The number of hydrogen-bond acceptors (Lipinski definition) is 4. The zero-order valence-electron chi connectivity index (χ0n) is 15.1. The van der Waals surface area contributed by atoms with Crippen LogP contribution in [0.4, 0.5) is 0 Å². The highest BCUT2D eigenvalue weighted by atomic mass is 31.2. The minimum Gasteiger partial charge on any atom is -0.481 e. The molecule has 2 atom stereocenters. The first kappa shape index (κ1) is 22.1. The van der Waals surface area contributed by atoms with Crippen LogP contribution in [0.3, 0.4) is 0 Å². The van der Waals surface area contributed by atoms with Gasteiger partial charge in [0.2, 0.25) is 0 Å². The number of hydrogen-bond donors (Lipinski definition) is 4. The van der Waals surface area contributed by atoms with Crippen LogP contribution in [0.15, 0.2) is 11.4 Å². The molecule has 1 aliphatic rings. The van der Waals surface area contributed by atoms with Gasteiger partial charge in [-0.2, -0.15) is 0 Å². The molecule has 0 bridgehead atoms. The van der Waals surface area contributed by atoms with Crippen LogP contribution in [0, 0.1) is 5.92 Å². The van der Waals surface area contributed by atoms with Crippen LogP contribution in [0.25, 0.3) is 0 Å². The average Bonchev–Trinajstić information content (AvgIpc) is 2.53. The molecule has 1 aliphatic carbocycles. The first-order valence-electron chi connectivity index (χ1n) is 9.27. The normalized spacial score (nSPS) is 17.8. The van der Waals surface area contributed by atoms with Crippen LogP contribution in [0.1, 0.15) is 77.6 Å². The molecule has 0 amide bonds. The number of allylic oxidation sites excluding steroid dienone is 1. The summed E-state index contributed by atoms with van der Waals surface area (Å²) in [5, 5.41) is 18.4. The zero-order chi connectivity index (χ0) is 18.9. The van der Waals surface area contributed by atoms with Crippen LogP contribution in [0.5, 0.6) is 0 Å². The largest absolute Gasteiger partial charge is 0.481 e. The van der Waals surface area contributed by atoms with Gasteiger partial charge >= 0.3 is 11.9 Å². The van der Waals surface area contributed by atoms with Crippen molar-refractivity contribution in [3.8, 4) is 0 Å². The van der Waals surface area contributed by atoms with E-state index in [9.17, 15) is 24.5 Å². The number of carboxylic acid groups (broad SMARTS) is 2. The Balaban J connectivity index is 3.00. The van der Waals surface area contributed by atoms with E-state index in [0.717, 1.165) is 50.5 Å². The summed E-state index contributed by atoms with van der Waals surface area (Å²) in [6.07, 6.45) is 7.43. The Morgan fingerprint density at radius 1 is 1.08 bits per heavy atom. The quantitative estimate of drug-likeness (QED) is 0.318. The molecule has 0 spiro atoms. The van der Waals surface area contributed by atoms with Gasteiger partial charge in [-0.15, -0.1) is 0 Å². The topological polar surface area (TPSA) is 115 Å². The SMILES string of the molecule is CCCCCC(C(CCC(=O)O)C(=O)O)[P+](O)(O)C=C1CCCCC1. The summed E-state index contributed by atoms with van der Waals surface area (Å²) in [5.74, 6) is -1.71. The van der Waals surface area contributed by atoms with Gasteiger partial charge < -0.3 is 10.2 Å². The predicted octanol–water partition coefficient (Wildman–Crippen LogP) is 4.18. The minimum absolute atomic E-state index is 0.0759. The molecule has 25 heavy (non-hydrogen) atoms. The minimum atomic E-state index is -3.57. The Bertz CT molecular complexity index is 466. The second kappa shape index (κ2) is 10.9. The number of aliphatic carboxylic acids is 2. The Kier molecular flexibility index (Phi) is 9.62. The maximum Gasteiger partial charge on any atom is 0.310 e. The Labute approximate surface area is 150 Å². The zero-order valence-corrected chi connectivity index (χ0v) is 16.0. The summed E-state index contributed by atoms with van der Waals surface area (Å²) in [5.41, 5.74) is 0.206. The number of carbonyl (C=O) groups is 2. The molecule has 0 aliphatic heterocycles.